The van der Waals surface area contributed by atoms with Crippen molar-refractivity contribution in [2.24, 2.45) is 0 Å². The van der Waals surface area contributed by atoms with Crippen molar-refractivity contribution in [2.75, 3.05) is 0 Å². The first-order chi connectivity index (χ1) is 23.9. The van der Waals surface area contributed by atoms with Crippen molar-refractivity contribution < 1.29 is 24.5 Å². The van der Waals surface area contributed by atoms with Crippen molar-refractivity contribution >= 4 is 32.6 Å². The van der Waals surface area contributed by atoms with Gasteiger partial charge in [-0.3, -0.25) is 9.97 Å². The minimum Gasteiger partial charge on any atom is -0.506 e. The molecule has 8 rings (SSSR count). The third-order valence-corrected chi connectivity index (χ3v) is 9.49. The monoisotopic (exact) mass is 844 g/mol. The van der Waals surface area contributed by atoms with Gasteiger partial charge in [-0.25, -0.2) is 0 Å². The van der Waals surface area contributed by atoms with Gasteiger partial charge in [0.25, 0.3) is 0 Å². The predicted octanol–water partition coefficient (Wildman–Crippen LogP) is 12.0. The number of fused-ring (bicyclic) bond motifs is 4. The normalized spacial score (nSPS) is 11.4. The maximum absolute atomic E-state index is 5.82. The second kappa shape index (κ2) is 14.3. The van der Waals surface area contributed by atoms with Crippen molar-refractivity contribution in [1.29, 1.82) is 0 Å². The van der Waals surface area contributed by atoms with Crippen LogP contribution in [0.15, 0.2) is 108 Å². The Hall–Kier alpha value is -4.96. The summed E-state index contributed by atoms with van der Waals surface area (Å²) in [5.41, 5.74) is 15.1. The first-order valence-electron chi connectivity index (χ1n) is 17.1. The average Bonchev–Trinajstić information content (AvgIpc) is 3.59. The predicted molar refractivity (Wildman–Crippen MR) is 207 cm³/mol. The summed E-state index contributed by atoms with van der Waals surface area (Å²) >= 11 is 0. The molecule has 0 fully saturated rings. The number of hydrogen-bond acceptors (Lipinski definition) is 4. The number of nitrogens with zero attached hydrogens (tertiary/aromatic N) is 3. The van der Waals surface area contributed by atoms with E-state index in [9.17, 15) is 0 Å². The maximum atomic E-state index is 5.82. The number of rotatable bonds is 3. The molecule has 257 valence electrons. The van der Waals surface area contributed by atoms with E-state index in [1.54, 1.807) is 6.26 Å². The van der Waals surface area contributed by atoms with E-state index in [0.29, 0.717) is 0 Å². The molecule has 0 bridgehead atoms. The van der Waals surface area contributed by atoms with Gasteiger partial charge in [-0.15, -0.1) is 41.0 Å². The van der Waals surface area contributed by atoms with Crippen LogP contribution in [0.3, 0.4) is 0 Å². The van der Waals surface area contributed by atoms with E-state index in [4.69, 9.17) is 14.4 Å². The molecule has 0 amide bonds. The van der Waals surface area contributed by atoms with E-state index >= 15 is 0 Å². The van der Waals surface area contributed by atoms with Gasteiger partial charge in [0.05, 0.1) is 5.58 Å². The zero-order chi connectivity index (χ0) is 35.2. The molecule has 0 saturated carbocycles. The van der Waals surface area contributed by atoms with E-state index in [2.05, 4.69) is 145 Å². The van der Waals surface area contributed by atoms with Gasteiger partial charge in [0.15, 0.2) is 0 Å². The molecule has 0 aliphatic rings. The van der Waals surface area contributed by atoms with Crippen molar-refractivity contribution in [3.8, 4) is 33.6 Å². The number of furan rings is 1. The number of hydrogen-bond donors (Lipinski definition) is 0. The SMILES string of the molecule is Cc1c[c-]c(-c2cc(C)c(C)cn2)cc1C.Cc1ccc2cc(-c3ccnc(-c4[c-]c5ccoc5c5nc(C(C)(C)C)ccc45)c3)ccc2c1.[Ir]. The third-order valence-electron chi connectivity index (χ3n) is 9.49. The first-order valence-corrected chi connectivity index (χ1v) is 17.1. The van der Waals surface area contributed by atoms with Gasteiger partial charge in [-0.2, -0.15) is 0 Å². The van der Waals surface area contributed by atoms with Crippen molar-refractivity contribution in [3.63, 3.8) is 0 Å². The molecule has 4 aromatic carbocycles. The molecule has 1 radical (unpaired) electrons. The Morgan fingerprint density at radius 2 is 1.41 bits per heavy atom. The molecular weight excluding hydrogens is 803 g/mol. The van der Waals surface area contributed by atoms with E-state index in [1.807, 2.05) is 24.5 Å². The van der Waals surface area contributed by atoms with E-state index < -0.39 is 0 Å². The summed E-state index contributed by atoms with van der Waals surface area (Å²) in [6.07, 6.45) is 5.50. The standard InChI is InChI=1S/C31H25N2O.C15H16N.Ir/c1-19-5-6-21-16-22(8-7-20(21)15-19)23-11-13-32-27(18-23)26-17-24-12-14-34-30(24)29-25(26)9-10-28(33-29)31(2,3)4;1-10-5-6-14(7-11(10)2)15-8-12(3)13(4)9-16-15;/h5-16,18H,1-4H3;5,7-9H,1-4H3;/q2*-1;. The quantitative estimate of drug-likeness (QED) is 0.166. The first kappa shape index (κ1) is 35.9. The summed E-state index contributed by atoms with van der Waals surface area (Å²) in [4.78, 5) is 14.2. The molecule has 0 N–H and O–H groups in total. The van der Waals surface area contributed by atoms with Crippen LogP contribution in [0.25, 0.3) is 66.3 Å². The zero-order valence-electron chi connectivity index (χ0n) is 30.4. The average molecular weight is 844 g/mol. The molecule has 0 aliphatic heterocycles. The van der Waals surface area contributed by atoms with Gasteiger partial charge in [-0.05, 0) is 72.1 Å². The fourth-order valence-corrected chi connectivity index (χ4v) is 6.13. The molecule has 0 aliphatic carbocycles. The van der Waals surface area contributed by atoms with Crippen LogP contribution in [0.4, 0.5) is 0 Å². The van der Waals surface area contributed by atoms with Crippen LogP contribution in [0.1, 0.15) is 54.3 Å². The van der Waals surface area contributed by atoms with Gasteiger partial charge in [0.1, 0.15) is 0 Å². The van der Waals surface area contributed by atoms with Crippen molar-refractivity contribution in [2.45, 2.75) is 60.8 Å². The van der Waals surface area contributed by atoms with Crippen molar-refractivity contribution in [3.05, 3.63) is 149 Å². The second-order valence-corrected chi connectivity index (χ2v) is 14.4. The van der Waals surface area contributed by atoms with Crippen LogP contribution >= 0.6 is 0 Å². The number of aromatic nitrogens is 3. The molecule has 4 nitrogen and oxygen atoms in total. The molecule has 4 aromatic heterocycles. The Morgan fingerprint density at radius 3 is 2.18 bits per heavy atom. The smallest absolute Gasteiger partial charge is 0.0847 e. The Bertz CT molecular complexity index is 2490. The fraction of sp³-hybridized carbons (Fsp3) is 0.196. The Balaban J connectivity index is 0.000000222. The number of pyridine rings is 3. The summed E-state index contributed by atoms with van der Waals surface area (Å²) < 4.78 is 5.82. The van der Waals surface area contributed by atoms with Gasteiger partial charge in [0.2, 0.25) is 0 Å². The zero-order valence-corrected chi connectivity index (χ0v) is 32.8. The van der Waals surface area contributed by atoms with E-state index in [0.717, 1.165) is 55.6 Å². The van der Waals surface area contributed by atoms with Crippen LogP contribution in [0, 0.1) is 46.8 Å². The summed E-state index contributed by atoms with van der Waals surface area (Å²) in [5, 5.41) is 4.39. The van der Waals surface area contributed by atoms with Crippen LogP contribution in [-0.4, -0.2) is 15.0 Å². The Kier molecular flexibility index (Phi) is 10.1. The van der Waals surface area contributed by atoms with E-state index in [-0.39, 0.29) is 25.5 Å². The largest absolute Gasteiger partial charge is 0.506 e. The molecule has 4 heterocycles. The van der Waals surface area contributed by atoms with Crippen LogP contribution in [-0.2, 0) is 25.5 Å². The van der Waals surface area contributed by atoms with Gasteiger partial charge in [-0.1, -0.05) is 117 Å². The fourth-order valence-electron chi connectivity index (χ4n) is 6.13. The summed E-state index contributed by atoms with van der Waals surface area (Å²) in [7, 11) is 0. The minimum atomic E-state index is -0.0559. The van der Waals surface area contributed by atoms with E-state index in [1.165, 1.54) is 44.2 Å². The summed E-state index contributed by atoms with van der Waals surface area (Å²) in [6.45, 7) is 17.1. The molecule has 0 atom stereocenters. The molecular formula is C46H41IrN3O-2. The number of aryl methyl sites for hydroxylation is 5. The molecule has 0 unspecified atom stereocenters. The molecule has 51 heavy (non-hydrogen) atoms. The van der Waals surface area contributed by atoms with Crippen LogP contribution in [0.2, 0.25) is 0 Å². The molecule has 0 spiro atoms. The third kappa shape index (κ3) is 7.42. The van der Waals surface area contributed by atoms with Crippen LogP contribution < -0.4 is 0 Å². The van der Waals surface area contributed by atoms with Crippen molar-refractivity contribution in [1.82, 2.24) is 15.0 Å². The molecule has 8 aromatic rings. The maximum Gasteiger partial charge on any atom is 0.0847 e. The summed E-state index contributed by atoms with van der Waals surface area (Å²) in [5.74, 6) is 0. The van der Waals surface area contributed by atoms with Gasteiger partial charge in [0, 0.05) is 61.1 Å². The minimum absolute atomic E-state index is 0. The summed E-state index contributed by atoms with van der Waals surface area (Å²) in [6, 6.07) is 36.7. The second-order valence-electron chi connectivity index (χ2n) is 14.4. The van der Waals surface area contributed by atoms with Gasteiger partial charge >= 0.3 is 0 Å². The Morgan fingerprint density at radius 1 is 0.667 bits per heavy atom. The number of benzene rings is 4. The molecule has 5 heteroatoms. The Labute approximate surface area is 314 Å². The molecule has 0 saturated heterocycles. The topological polar surface area (TPSA) is 51.8 Å². The van der Waals surface area contributed by atoms with Gasteiger partial charge < -0.3 is 9.40 Å². The van der Waals surface area contributed by atoms with Crippen LogP contribution in [0.5, 0.6) is 0 Å².